The Balaban J connectivity index is 1.73. The summed E-state index contributed by atoms with van der Waals surface area (Å²) in [4.78, 5) is 0.781. The van der Waals surface area contributed by atoms with Crippen LogP contribution in [0.1, 0.15) is 10.6 Å². The summed E-state index contributed by atoms with van der Waals surface area (Å²) in [6, 6.07) is 18.1. The van der Waals surface area contributed by atoms with Crippen LogP contribution in [0.15, 0.2) is 59.1 Å². The summed E-state index contributed by atoms with van der Waals surface area (Å²) >= 11 is 5.07. The molecule has 0 atom stereocenters. The van der Waals surface area contributed by atoms with E-state index in [9.17, 15) is 0 Å². The van der Waals surface area contributed by atoms with Gasteiger partial charge in [0.25, 0.3) is 0 Å². The lowest BCUT2D eigenvalue weighted by molar-refractivity contribution is 0.959. The minimum atomic E-state index is 0.739. The average molecular weight is 383 g/mol. The van der Waals surface area contributed by atoms with E-state index >= 15 is 0 Å². The summed E-state index contributed by atoms with van der Waals surface area (Å²) in [6.07, 6.45) is 4.04. The Bertz CT molecular complexity index is 988. The van der Waals surface area contributed by atoms with Gasteiger partial charge in [0.15, 0.2) is 5.82 Å². The number of hydrogen-bond donors (Lipinski definition) is 0. The molecule has 4 nitrogen and oxygen atoms in total. The van der Waals surface area contributed by atoms with E-state index in [0.29, 0.717) is 0 Å². The van der Waals surface area contributed by atoms with Crippen molar-refractivity contribution in [1.29, 1.82) is 0 Å². The maximum absolute atomic E-state index is 4.61. The lowest BCUT2D eigenvalue weighted by Gasteiger charge is -1.99. The van der Waals surface area contributed by atoms with Crippen LogP contribution in [0.4, 0.5) is 0 Å². The number of benzene rings is 2. The van der Waals surface area contributed by atoms with Crippen molar-refractivity contribution in [3.05, 3.63) is 69.6 Å². The van der Waals surface area contributed by atoms with Gasteiger partial charge in [0, 0.05) is 10.0 Å². The fourth-order valence-electron chi connectivity index (χ4n) is 2.24. The smallest absolute Gasteiger partial charge is 0.182 e. The van der Waals surface area contributed by atoms with Crippen molar-refractivity contribution in [3.8, 4) is 11.4 Å². The minimum Gasteiger partial charge on any atom is -0.182 e. The van der Waals surface area contributed by atoms with Crippen LogP contribution in [-0.4, -0.2) is 19.8 Å². The predicted molar refractivity (Wildman–Crippen MR) is 97.2 cm³/mol. The summed E-state index contributed by atoms with van der Waals surface area (Å²) in [6.45, 7) is 0. The largest absolute Gasteiger partial charge is 0.235 e. The normalized spacial score (nSPS) is 11.5. The van der Waals surface area contributed by atoms with Gasteiger partial charge in [-0.1, -0.05) is 75.8 Å². The van der Waals surface area contributed by atoms with E-state index < -0.39 is 0 Å². The molecular formula is C17H11BrN4S. The molecule has 0 N–H and O–H groups in total. The van der Waals surface area contributed by atoms with Crippen molar-refractivity contribution in [2.24, 2.45) is 0 Å². The van der Waals surface area contributed by atoms with Crippen LogP contribution >= 0.6 is 27.3 Å². The molecule has 0 saturated heterocycles. The van der Waals surface area contributed by atoms with Crippen molar-refractivity contribution in [3.63, 3.8) is 0 Å². The molecule has 112 valence electrons. The number of hydrogen-bond acceptors (Lipinski definition) is 4. The third-order valence-electron chi connectivity index (χ3n) is 3.34. The van der Waals surface area contributed by atoms with Crippen LogP contribution in [0, 0.1) is 0 Å². The SMILES string of the molecule is Brc1ccccc1-c1nnc2sc(/C=C\c3ccccc3)nn12. The molecule has 4 rings (SSSR count). The van der Waals surface area contributed by atoms with Gasteiger partial charge in [0.05, 0.1) is 0 Å². The highest BCUT2D eigenvalue weighted by Gasteiger charge is 2.14. The number of nitrogens with zero attached hydrogens (tertiary/aromatic N) is 4. The Labute approximate surface area is 145 Å². The molecule has 6 heteroatoms. The highest BCUT2D eigenvalue weighted by molar-refractivity contribution is 9.10. The molecule has 4 aromatic rings. The zero-order valence-corrected chi connectivity index (χ0v) is 14.3. The second kappa shape index (κ2) is 6.06. The second-order valence-corrected chi connectivity index (χ2v) is 6.72. The lowest BCUT2D eigenvalue weighted by atomic mass is 10.2. The van der Waals surface area contributed by atoms with Crippen LogP contribution in [0.2, 0.25) is 0 Å². The third-order valence-corrected chi connectivity index (χ3v) is 4.89. The van der Waals surface area contributed by atoms with E-state index in [2.05, 4.69) is 43.4 Å². The molecule has 0 spiro atoms. The highest BCUT2D eigenvalue weighted by Crippen LogP contribution is 2.28. The predicted octanol–water partition coefficient (Wildman–Crippen LogP) is 4.79. The van der Waals surface area contributed by atoms with Gasteiger partial charge in [-0.2, -0.15) is 9.61 Å². The van der Waals surface area contributed by atoms with E-state index in [1.165, 1.54) is 11.3 Å². The Hall–Kier alpha value is -2.31. The zero-order chi connectivity index (χ0) is 15.6. The van der Waals surface area contributed by atoms with Gasteiger partial charge in [-0.25, -0.2) is 0 Å². The van der Waals surface area contributed by atoms with Crippen LogP contribution in [0.3, 0.4) is 0 Å². The first kappa shape index (κ1) is 14.3. The van der Waals surface area contributed by atoms with Gasteiger partial charge in [-0.3, -0.25) is 0 Å². The Kier molecular flexibility index (Phi) is 3.77. The number of fused-ring (bicyclic) bond motifs is 1. The van der Waals surface area contributed by atoms with E-state index in [-0.39, 0.29) is 0 Å². The quantitative estimate of drug-likeness (QED) is 0.511. The average Bonchev–Trinajstić information content (AvgIpc) is 3.15. The van der Waals surface area contributed by atoms with E-state index in [1.807, 2.05) is 54.6 Å². The molecule has 0 bridgehead atoms. The van der Waals surface area contributed by atoms with Gasteiger partial charge < -0.3 is 0 Å². The van der Waals surface area contributed by atoms with Crippen LogP contribution in [0.25, 0.3) is 28.5 Å². The second-order valence-electron chi connectivity index (χ2n) is 4.88. The van der Waals surface area contributed by atoms with Gasteiger partial charge in [-0.15, -0.1) is 10.2 Å². The van der Waals surface area contributed by atoms with Gasteiger partial charge >= 0.3 is 0 Å². The molecule has 0 fully saturated rings. The van der Waals surface area contributed by atoms with Gasteiger partial charge in [0.2, 0.25) is 4.96 Å². The Morgan fingerprint density at radius 1 is 0.913 bits per heavy atom. The third kappa shape index (κ3) is 2.83. The number of halogens is 1. The first-order valence-corrected chi connectivity index (χ1v) is 8.62. The lowest BCUT2D eigenvalue weighted by Crippen LogP contribution is -1.91. The summed E-state index contributed by atoms with van der Waals surface area (Å²) in [5, 5.41) is 14.0. The molecule has 0 aliphatic rings. The zero-order valence-electron chi connectivity index (χ0n) is 11.9. The molecule has 0 amide bonds. The molecule has 0 saturated carbocycles. The minimum absolute atomic E-state index is 0.739. The van der Waals surface area contributed by atoms with Crippen LogP contribution in [0.5, 0.6) is 0 Å². The molecule has 0 aliphatic heterocycles. The van der Waals surface area contributed by atoms with Crippen molar-refractivity contribution in [2.75, 3.05) is 0 Å². The first-order chi connectivity index (χ1) is 11.3. The Morgan fingerprint density at radius 3 is 2.52 bits per heavy atom. The van der Waals surface area contributed by atoms with Crippen LogP contribution < -0.4 is 0 Å². The molecule has 0 radical (unpaired) electrons. The summed E-state index contributed by atoms with van der Waals surface area (Å²) in [5.41, 5.74) is 2.12. The van der Waals surface area contributed by atoms with Gasteiger partial charge in [0.1, 0.15) is 5.01 Å². The van der Waals surface area contributed by atoms with Crippen molar-refractivity contribution in [1.82, 2.24) is 19.8 Å². The van der Waals surface area contributed by atoms with E-state index in [1.54, 1.807) is 4.52 Å². The first-order valence-electron chi connectivity index (χ1n) is 7.01. The number of aromatic nitrogens is 4. The monoisotopic (exact) mass is 382 g/mol. The molecular weight excluding hydrogens is 372 g/mol. The van der Waals surface area contributed by atoms with E-state index in [4.69, 9.17) is 0 Å². The molecule has 2 heterocycles. The summed E-state index contributed by atoms with van der Waals surface area (Å²) in [7, 11) is 0. The van der Waals surface area contributed by atoms with Crippen molar-refractivity contribution < 1.29 is 0 Å². The topological polar surface area (TPSA) is 43.1 Å². The summed E-state index contributed by atoms with van der Waals surface area (Å²) < 4.78 is 2.76. The highest BCUT2D eigenvalue weighted by atomic mass is 79.9. The van der Waals surface area contributed by atoms with E-state index in [0.717, 1.165) is 31.4 Å². The standard InChI is InChI=1S/C17H11BrN4S/c18-14-9-5-4-8-13(14)16-19-20-17-22(16)21-15(23-17)11-10-12-6-2-1-3-7-12/h1-11H/b11-10-. The maximum atomic E-state index is 4.61. The molecule has 23 heavy (non-hydrogen) atoms. The molecule has 2 aromatic heterocycles. The van der Waals surface area contributed by atoms with Gasteiger partial charge in [-0.05, 0) is 23.8 Å². The van der Waals surface area contributed by atoms with Crippen molar-refractivity contribution in [2.45, 2.75) is 0 Å². The number of rotatable bonds is 3. The fourth-order valence-corrected chi connectivity index (χ4v) is 3.44. The maximum Gasteiger partial charge on any atom is 0.235 e. The van der Waals surface area contributed by atoms with Crippen LogP contribution in [-0.2, 0) is 0 Å². The Morgan fingerprint density at radius 2 is 1.70 bits per heavy atom. The van der Waals surface area contributed by atoms with Crippen molar-refractivity contribution >= 4 is 44.4 Å². The molecule has 2 aromatic carbocycles. The summed E-state index contributed by atoms with van der Waals surface area (Å²) in [5.74, 6) is 0.739. The molecule has 0 unspecified atom stereocenters. The fraction of sp³-hybridized carbons (Fsp3) is 0. The molecule has 0 aliphatic carbocycles.